The van der Waals surface area contributed by atoms with Crippen LogP contribution in [0.4, 0.5) is 0 Å². The van der Waals surface area contributed by atoms with Gasteiger partial charge in [0.05, 0.1) is 30.1 Å². The summed E-state index contributed by atoms with van der Waals surface area (Å²) in [5.41, 5.74) is 14.6. The molecule has 3 aromatic heterocycles. The molecule has 5 heterocycles. The Balaban J connectivity index is 1.91. The van der Waals surface area contributed by atoms with Gasteiger partial charge in [0.1, 0.15) is 0 Å². The highest BCUT2D eigenvalue weighted by Crippen LogP contribution is 2.41. The molecule has 2 N–H and O–H groups in total. The summed E-state index contributed by atoms with van der Waals surface area (Å²) in [4.78, 5) is 33.1. The monoisotopic (exact) mass is 579 g/mol. The molecule has 0 fully saturated rings. The minimum atomic E-state index is 0.0317. The van der Waals surface area contributed by atoms with Crippen molar-refractivity contribution in [2.75, 3.05) is 27.3 Å². The smallest absolute Gasteiger partial charge is 0.226 e. The number of likely N-dealkylation sites (N-methyl/N-ethyl adjacent to an activating group) is 1. The van der Waals surface area contributed by atoms with E-state index in [9.17, 15) is 4.79 Å². The number of aromatic nitrogens is 4. The number of nitrogens with zero attached hydrogens (tertiary/aromatic N) is 3. The van der Waals surface area contributed by atoms with Crippen LogP contribution in [0, 0.1) is 13.8 Å². The van der Waals surface area contributed by atoms with Crippen molar-refractivity contribution in [1.29, 1.82) is 0 Å². The average molecular weight is 580 g/mol. The van der Waals surface area contributed by atoms with E-state index in [2.05, 4.69) is 82.4 Å². The Morgan fingerprint density at radius 1 is 1.02 bits per heavy atom. The number of aryl methyl sites for hydroxylation is 3. The number of hydrogen-bond acceptors (Lipinski definition) is 4. The molecule has 0 aliphatic carbocycles. The maximum atomic E-state index is 13.6. The Morgan fingerprint density at radius 2 is 1.74 bits per heavy atom. The molecule has 1 amide bonds. The number of hydrogen-bond donors (Lipinski definition) is 2. The Kier molecular flexibility index (Phi) is 8.74. The van der Waals surface area contributed by atoms with Crippen molar-refractivity contribution in [2.24, 2.45) is 0 Å². The van der Waals surface area contributed by atoms with E-state index in [-0.39, 0.29) is 24.2 Å². The molecule has 2 aliphatic rings. The number of carbonyl (C=O) groups is 1. The molecule has 3 aromatic rings. The lowest BCUT2D eigenvalue weighted by molar-refractivity contribution is -0.129. The summed E-state index contributed by atoms with van der Waals surface area (Å²) in [6.45, 7) is 18.2. The van der Waals surface area contributed by atoms with Crippen LogP contribution in [0.3, 0.4) is 0 Å². The molecule has 7 nitrogen and oxygen atoms in total. The van der Waals surface area contributed by atoms with Crippen LogP contribution in [0.25, 0.3) is 39.8 Å². The first-order valence-corrected chi connectivity index (χ1v) is 15.4. The van der Waals surface area contributed by atoms with Crippen LogP contribution in [-0.4, -0.2) is 58.1 Å². The molecule has 2 atom stereocenters. The van der Waals surface area contributed by atoms with Gasteiger partial charge < -0.3 is 19.6 Å². The molecule has 7 heteroatoms. The zero-order chi connectivity index (χ0) is 31.0. The molecule has 2 aliphatic heterocycles. The molecule has 0 saturated carbocycles. The largest absolute Gasteiger partial charge is 0.383 e. The molecule has 0 spiro atoms. The zero-order valence-electron chi connectivity index (χ0n) is 26.9. The molecule has 0 aromatic carbocycles. The van der Waals surface area contributed by atoms with Crippen molar-refractivity contribution in [1.82, 2.24) is 24.8 Å². The van der Waals surface area contributed by atoms with Gasteiger partial charge in [-0.1, -0.05) is 33.4 Å². The lowest BCUT2D eigenvalue weighted by Crippen LogP contribution is -2.31. The van der Waals surface area contributed by atoms with Gasteiger partial charge in [-0.05, 0) is 80.2 Å². The summed E-state index contributed by atoms with van der Waals surface area (Å²) < 4.78 is 5.24. The molecule has 43 heavy (non-hydrogen) atoms. The van der Waals surface area contributed by atoms with Gasteiger partial charge >= 0.3 is 0 Å². The highest BCUT2D eigenvalue weighted by Gasteiger charge is 2.32. The molecular formula is C36H45N5O2. The van der Waals surface area contributed by atoms with E-state index in [1.54, 1.807) is 12.0 Å². The van der Waals surface area contributed by atoms with Crippen LogP contribution in [0.1, 0.15) is 96.5 Å². The summed E-state index contributed by atoms with van der Waals surface area (Å²) in [6.07, 6.45) is 6.10. The Bertz CT molecular complexity index is 1770. The van der Waals surface area contributed by atoms with E-state index < -0.39 is 0 Å². The fourth-order valence-electron chi connectivity index (χ4n) is 6.56. The number of carbonyl (C=O) groups excluding carboxylic acids is 1. The van der Waals surface area contributed by atoms with Gasteiger partial charge in [-0.2, -0.15) is 0 Å². The SMILES string of the molecule is C=Cc1c(C)c2cc3nc(c(CC(=O)N(C)CCOC)c4nc(cc5[nH]c(cc1[nH]2)c(C)c5CC)C(C)=C4)[C@@H](CC)[C@@H]3C. The zero-order valence-corrected chi connectivity index (χ0v) is 26.9. The third kappa shape index (κ3) is 5.58. The van der Waals surface area contributed by atoms with Gasteiger partial charge in [0.15, 0.2) is 0 Å². The summed E-state index contributed by atoms with van der Waals surface area (Å²) in [5, 5.41) is 0. The number of amides is 1. The quantitative estimate of drug-likeness (QED) is 0.287. The van der Waals surface area contributed by atoms with E-state index in [1.807, 2.05) is 13.1 Å². The van der Waals surface area contributed by atoms with Gasteiger partial charge in [0, 0.05) is 71.4 Å². The van der Waals surface area contributed by atoms with Crippen LogP contribution in [-0.2, 0) is 22.4 Å². The summed E-state index contributed by atoms with van der Waals surface area (Å²) in [7, 11) is 3.49. The standard InChI is InChI=1S/C36H45N5O2/c1-10-24-22(6)30-19-34-25(11-2)21(5)29(38-34)18-31-23(7)26(12-3)36(40-31)27(16-35(42)41(8)13-14-43-9)32-15-20(4)28(37-32)17-33(24)39-30/h11,15,17-19,23,26,38-39H,2,10,12-14,16H2,1,3-9H3/t23-,26-/m0/s1. The first-order valence-electron chi connectivity index (χ1n) is 15.4. The van der Waals surface area contributed by atoms with E-state index in [1.165, 1.54) is 11.1 Å². The van der Waals surface area contributed by atoms with Gasteiger partial charge in [-0.25, -0.2) is 4.98 Å². The molecule has 0 unspecified atom stereocenters. The fourth-order valence-corrected chi connectivity index (χ4v) is 6.56. The van der Waals surface area contributed by atoms with E-state index >= 15 is 0 Å². The number of rotatable bonds is 8. The van der Waals surface area contributed by atoms with Crippen molar-refractivity contribution in [3.8, 4) is 0 Å². The Hall–Kier alpha value is -3.97. The van der Waals surface area contributed by atoms with Crippen LogP contribution in [0.15, 0.2) is 24.8 Å². The third-order valence-corrected chi connectivity index (χ3v) is 9.35. The van der Waals surface area contributed by atoms with Crippen molar-refractivity contribution in [3.63, 3.8) is 0 Å². The minimum absolute atomic E-state index is 0.0317. The first-order chi connectivity index (χ1) is 20.6. The second kappa shape index (κ2) is 12.3. The predicted molar refractivity (Wildman–Crippen MR) is 178 cm³/mol. The highest BCUT2D eigenvalue weighted by atomic mass is 16.5. The number of H-pyrrole nitrogens is 2. The van der Waals surface area contributed by atoms with E-state index in [4.69, 9.17) is 14.7 Å². The number of nitrogens with one attached hydrogen (secondary N) is 2. The van der Waals surface area contributed by atoms with E-state index in [0.29, 0.717) is 13.2 Å². The van der Waals surface area contributed by atoms with Gasteiger partial charge in [-0.15, -0.1) is 0 Å². The predicted octanol–water partition coefficient (Wildman–Crippen LogP) is 7.64. The topological polar surface area (TPSA) is 86.9 Å². The Morgan fingerprint density at radius 3 is 2.42 bits per heavy atom. The summed E-state index contributed by atoms with van der Waals surface area (Å²) in [6, 6.07) is 6.53. The number of aromatic amines is 2. The molecule has 8 bridgehead atoms. The molecule has 5 rings (SSSR count). The number of fused-ring (bicyclic) bond motifs is 8. The highest BCUT2D eigenvalue weighted by molar-refractivity contribution is 5.88. The van der Waals surface area contributed by atoms with Crippen molar-refractivity contribution in [2.45, 2.75) is 72.6 Å². The Labute approximate surface area is 255 Å². The normalized spacial score (nSPS) is 16.3. The van der Waals surface area contributed by atoms with Gasteiger partial charge in [-0.3, -0.25) is 9.78 Å². The average Bonchev–Trinajstić information content (AvgIpc) is 3.68. The van der Waals surface area contributed by atoms with Crippen molar-refractivity contribution in [3.05, 3.63) is 75.4 Å². The minimum Gasteiger partial charge on any atom is -0.383 e. The summed E-state index contributed by atoms with van der Waals surface area (Å²) >= 11 is 0. The van der Waals surface area contributed by atoms with Gasteiger partial charge in [0.2, 0.25) is 5.91 Å². The van der Waals surface area contributed by atoms with Crippen LogP contribution in [0.5, 0.6) is 0 Å². The number of methoxy groups -OCH3 is 1. The molecule has 0 radical (unpaired) electrons. The molecule has 226 valence electrons. The second-order valence-electron chi connectivity index (χ2n) is 11.9. The lowest BCUT2D eigenvalue weighted by Gasteiger charge is -2.19. The third-order valence-electron chi connectivity index (χ3n) is 9.35. The maximum Gasteiger partial charge on any atom is 0.226 e. The van der Waals surface area contributed by atoms with Crippen LogP contribution < -0.4 is 0 Å². The lowest BCUT2D eigenvalue weighted by atomic mass is 9.86. The first kappa shape index (κ1) is 30.5. The van der Waals surface area contributed by atoms with Gasteiger partial charge in [0.25, 0.3) is 0 Å². The van der Waals surface area contributed by atoms with Crippen molar-refractivity contribution < 1.29 is 9.53 Å². The number of allylic oxidation sites excluding steroid dienone is 1. The maximum absolute atomic E-state index is 13.6. The number of ether oxygens (including phenoxy) is 1. The molecule has 0 saturated heterocycles. The van der Waals surface area contributed by atoms with Crippen LogP contribution in [0.2, 0.25) is 0 Å². The van der Waals surface area contributed by atoms with Crippen LogP contribution >= 0.6 is 0 Å². The summed E-state index contributed by atoms with van der Waals surface area (Å²) in [5.74, 6) is 0.402. The van der Waals surface area contributed by atoms with Crippen molar-refractivity contribution >= 4 is 45.7 Å². The van der Waals surface area contributed by atoms with E-state index in [0.717, 1.165) is 79.9 Å². The molecular weight excluding hydrogens is 534 g/mol. The fraction of sp³-hybridized carbons (Fsp3) is 0.417. The second-order valence-corrected chi connectivity index (χ2v) is 11.9.